The summed E-state index contributed by atoms with van der Waals surface area (Å²) in [6.45, 7) is 9.91. The van der Waals surface area contributed by atoms with Crippen LogP contribution in [0.1, 0.15) is 32.4 Å². The summed E-state index contributed by atoms with van der Waals surface area (Å²) in [5, 5.41) is 3.32. The van der Waals surface area contributed by atoms with Crippen molar-refractivity contribution in [1.29, 1.82) is 0 Å². The molecule has 2 heterocycles. The number of para-hydroxylation sites is 1. The fraction of sp³-hybridized carbons (Fsp3) is 0.625. The van der Waals surface area contributed by atoms with Gasteiger partial charge in [0.25, 0.3) is 0 Å². The highest BCUT2D eigenvalue weighted by molar-refractivity contribution is 5.85. The van der Waals surface area contributed by atoms with Crippen LogP contribution in [0.4, 0.5) is 8.78 Å². The van der Waals surface area contributed by atoms with Crippen molar-refractivity contribution in [3.63, 3.8) is 0 Å². The van der Waals surface area contributed by atoms with Gasteiger partial charge in [0.15, 0.2) is 11.5 Å². The molecule has 0 bridgehead atoms. The number of halogens is 4. The summed E-state index contributed by atoms with van der Waals surface area (Å²) in [6, 6.07) is 5.13. The Bertz CT molecular complexity index is 561. The molecule has 4 nitrogen and oxygen atoms in total. The summed E-state index contributed by atoms with van der Waals surface area (Å²) in [4.78, 5) is 2.33. The molecule has 0 spiro atoms. The van der Waals surface area contributed by atoms with Crippen molar-refractivity contribution in [2.45, 2.75) is 33.1 Å². The van der Waals surface area contributed by atoms with E-state index in [0.29, 0.717) is 0 Å². The van der Waals surface area contributed by atoms with Crippen LogP contribution < -0.4 is 14.8 Å². The van der Waals surface area contributed by atoms with E-state index in [1.165, 1.54) is 6.07 Å². The van der Waals surface area contributed by atoms with Crippen LogP contribution in [-0.2, 0) is 0 Å². The van der Waals surface area contributed by atoms with Crippen LogP contribution in [0.3, 0.4) is 0 Å². The molecule has 0 aromatic heterocycles. The van der Waals surface area contributed by atoms with E-state index in [0.717, 1.165) is 31.7 Å². The highest BCUT2D eigenvalue weighted by Crippen LogP contribution is 2.50. The van der Waals surface area contributed by atoms with Crippen molar-refractivity contribution in [3.05, 3.63) is 23.8 Å². The van der Waals surface area contributed by atoms with E-state index in [1.54, 1.807) is 6.07 Å². The van der Waals surface area contributed by atoms with Gasteiger partial charge in [0.05, 0.1) is 0 Å². The smallest absolute Gasteiger partial charge is 0.395 e. The summed E-state index contributed by atoms with van der Waals surface area (Å²) in [6.07, 6.45) is -3.58. The van der Waals surface area contributed by atoms with Gasteiger partial charge >= 0.3 is 6.29 Å². The van der Waals surface area contributed by atoms with Gasteiger partial charge in [-0.2, -0.15) is 0 Å². The first-order valence-corrected chi connectivity index (χ1v) is 7.61. The highest BCUT2D eigenvalue weighted by atomic mass is 35.5. The molecule has 0 unspecified atom stereocenters. The molecule has 8 heteroatoms. The number of fused-ring (bicyclic) bond motifs is 1. The first-order chi connectivity index (χ1) is 10.3. The number of rotatable bonds is 2. The molecule has 1 aromatic carbocycles. The van der Waals surface area contributed by atoms with Crippen LogP contribution in [0, 0.1) is 5.41 Å². The molecule has 0 aliphatic carbocycles. The molecule has 1 saturated heterocycles. The van der Waals surface area contributed by atoms with Gasteiger partial charge in [-0.1, -0.05) is 32.9 Å². The van der Waals surface area contributed by atoms with Gasteiger partial charge in [-0.25, -0.2) is 0 Å². The Kier molecular flexibility index (Phi) is 6.72. The fourth-order valence-electron chi connectivity index (χ4n) is 3.36. The lowest BCUT2D eigenvalue weighted by atomic mass is 9.80. The maximum absolute atomic E-state index is 13.5. The zero-order valence-electron chi connectivity index (χ0n) is 14.0. The maximum Gasteiger partial charge on any atom is 0.586 e. The normalized spacial score (nSPS) is 20.7. The Morgan fingerprint density at radius 3 is 2.33 bits per heavy atom. The Morgan fingerprint density at radius 2 is 1.75 bits per heavy atom. The van der Waals surface area contributed by atoms with E-state index in [-0.39, 0.29) is 47.8 Å². The lowest BCUT2D eigenvalue weighted by Crippen LogP contribution is -2.48. The summed E-state index contributed by atoms with van der Waals surface area (Å²) < 4.78 is 36.3. The molecule has 0 amide bonds. The van der Waals surface area contributed by atoms with Crippen molar-refractivity contribution < 1.29 is 18.3 Å². The lowest BCUT2D eigenvalue weighted by Gasteiger charge is -2.42. The van der Waals surface area contributed by atoms with Crippen molar-refractivity contribution >= 4 is 24.8 Å². The van der Waals surface area contributed by atoms with E-state index < -0.39 is 6.29 Å². The molecule has 2 aliphatic heterocycles. The monoisotopic (exact) mass is 384 g/mol. The lowest BCUT2D eigenvalue weighted by molar-refractivity contribution is -0.287. The standard InChI is InChI=1S/C16H22F2N2O2.2ClH/c1-15(2,3)14(20-9-7-19-8-10-20)11-5-4-6-12-13(11)22-16(17,18)21-12;;/h4-6,14,19H,7-10H2,1-3H3;2*1H/t14-;;/m1../s1. The molecule has 0 radical (unpaired) electrons. The molecule has 138 valence electrons. The quantitative estimate of drug-likeness (QED) is 0.839. The van der Waals surface area contributed by atoms with Gasteiger partial charge in [0.1, 0.15) is 0 Å². The topological polar surface area (TPSA) is 33.7 Å². The van der Waals surface area contributed by atoms with Crippen molar-refractivity contribution in [2.75, 3.05) is 26.2 Å². The van der Waals surface area contributed by atoms with E-state index in [2.05, 4.69) is 35.7 Å². The zero-order valence-corrected chi connectivity index (χ0v) is 15.6. The van der Waals surface area contributed by atoms with Crippen LogP contribution in [-0.4, -0.2) is 37.4 Å². The molecule has 2 aliphatic rings. The molecule has 24 heavy (non-hydrogen) atoms. The molecule has 1 fully saturated rings. The maximum atomic E-state index is 13.5. The number of nitrogens with zero attached hydrogens (tertiary/aromatic N) is 1. The van der Waals surface area contributed by atoms with Crippen molar-refractivity contribution in [3.8, 4) is 11.5 Å². The summed E-state index contributed by atoms with van der Waals surface area (Å²) in [5.74, 6) is 0.290. The van der Waals surface area contributed by atoms with Crippen LogP contribution >= 0.6 is 24.8 Å². The number of alkyl halides is 2. The molecular formula is C16H24Cl2F2N2O2. The van der Waals surface area contributed by atoms with Gasteiger partial charge in [-0.05, 0) is 11.5 Å². The van der Waals surface area contributed by atoms with E-state index in [9.17, 15) is 8.78 Å². The predicted molar refractivity (Wildman–Crippen MR) is 93.8 cm³/mol. The molecule has 1 N–H and O–H groups in total. The number of ether oxygens (including phenoxy) is 2. The predicted octanol–water partition coefficient (Wildman–Crippen LogP) is 3.84. The van der Waals surface area contributed by atoms with Crippen LogP contribution in [0.2, 0.25) is 0 Å². The first kappa shape index (κ1) is 21.2. The van der Waals surface area contributed by atoms with Gasteiger partial charge in [-0.15, -0.1) is 33.6 Å². The van der Waals surface area contributed by atoms with Crippen LogP contribution in [0.5, 0.6) is 11.5 Å². The van der Waals surface area contributed by atoms with E-state index in [4.69, 9.17) is 4.74 Å². The van der Waals surface area contributed by atoms with Gasteiger partial charge in [0.2, 0.25) is 0 Å². The van der Waals surface area contributed by atoms with E-state index in [1.807, 2.05) is 6.07 Å². The minimum Gasteiger partial charge on any atom is -0.395 e. The average molecular weight is 385 g/mol. The average Bonchev–Trinajstić information content (AvgIpc) is 2.73. The number of nitrogens with one attached hydrogen (secondary N) is 1. The van der Waals surface area contributed by atoms with Gasteiger partial charge < -0.3 is 14.8 Å². The molecule has 1 aromatic rings. The van der Waals surface area contributed by atoms with Gasteiger partial charge in [0, 0.05) is 37.8 Å². The third-order valence-electron chi connectivity index (χ3n) is 4.09. The summed E-state index contributed by atoms with van der Waals surface area (Å²) in [5.41, 5.74) is 0.650. The third kappa shape index (κ3) is 4.23. The zero-order chi connectivity index (χ0) is 16.0. The second-order valence-corrected chi connectivity index (χ2v) is 6.90. The van der Waals surface area contributed by atoms with Crippen molar-refractivity contribution in [2.24, 2.45) is 5.41 Å². The minimum atomic E-state index is -3.58. The van der Waals surface area contributed by atoms with Crippen LogP contribution in [0.25, 0.3) is 0 Å². The Labute approximate surface area is 153 Å². The molecular weight excluding hydrogens is 361 g/mol. The second-order valence-electron chi connectivity index (χ2n) is 6.90. The number of benzene rings is 1. The number of hydrogen-bond acceptors (Lipinski definition) is 4. The van der Waals surface area contributed by atoms with Gasteiger partial charge in [-0.3, -0.25) is 4.90 Å². The molecule has 3 rings (SSSR count). The van der Waals surface area contributed by atoms with Crippen LogP contribution in [0.15, 0.2) is 18.2 Å². The highest BCUT2D eigenvalue weighted by Gasteiger charge is 2.46. The Balaban J connectivity index is 0.00000144. The largest absolute Gasteiger partial charge is 0.586 e. The van der Waals surface area contributed by atoms with E-state index >= 15 is 0 Å². The second kappa shape index (κ2) is 7.60. The molecule has 1 atom stereocenters. The summed E-state index contributed by atoms with van der Waals surface area (Å²) >= 11 is 0. The minimum absolute atomic E-state index is 0. The van der Waals surface area contributed by atoms with Crippen molar-refractivity contribution in [1.82, 2.24) is 10.2 Å². The third-order valence-corrected chi connectivity index (χ3v) is 4.09. The fourth-order valence-corrected chi connectivity index (χ4v) is 3.36. The molecule has 0 saturated carbocycles. The Hall–Kier alpha value is -0.820. The first-order valence-electron chi connectivity index (χ1n) is 7.61. The number of hydrogen-bond donors (Lipinski definition) is 1. The Morgan fingerprint density at radius 1 is 1.12 bits per heavy atom. The summed E-state index contributed by atoms with van der Waals surface area (Å²) in [7, 11) is 0. The number of piperazine rings is 1. The SMILES string of the molecule is CC(C)(C)[C@@H](c1cccc2c1OC(F)(F)O2)N1CCNCC1.Cl.Cl.